The standard InChI is InChI=1S/C31H38N2O/c1-24-13-15-26(16-14-24)29(25-8-3-2-4-9-25)11-7-21-32-22-19-28(20-23-32)33-30-12-6-5-10-27(30)17-18-31(33)34/h3,5-6,8-10,12-16,28-29H,2,4,7,11,17-23H2,1H3. The first-order valence-corrected chi connectivity index (χ1v) is 13.2. The maximum Gasteiger partial charge on any atom is 0.227 e. The highest BCUT2D eigenvalue weighted by atomic mass is 16.2. The van der Waals surface area contributed by atoms with E-state index in [-0.39, 0.29) is 0 Å². The molecule has 0 saturated carbocycles. The molecule has 0 radical (unpaired) electrons. The molecule has 3 nitrogen and oxygen atoms in total. The maximum absolute atomic E-state index is 12.8. The van der Waals surface area contributed by atoms with Crippen LogP contribution >= 0.6 is 0 Å². The van der Waals surface area contributed by atoms with Gasteiger partial charge < -0.3 is 9.80 Å². The monoisotopic (exact) mass is 454 g/mol. The second-order valence-electron chi connectivity index (χ2n) is 10.3. The minimum atomic E-state index is 0.312. The molecule has 3 aliphatic rings. The SMILES string of the molecule is Cc1ccc(C(CCCN2CCC(N3C(=O)CCc4ccccc43)CC2)C2=CCCC=C2)cc1. The van der Waals surface area contributed by atoms with Crippen LogP contribution < -0.4 is 4.90 Å². The molecule has 34 heavy (non-hydrogen) atoms. The summed E-state index contributed by atoms with van der Waals surface area (Å²) in [7, 11) is 0. The molecule has 2 heterocycles. The first-order chi connectivity index (χ1) is 16.7. The third-order valence-electron chi connectivity index (χ3n) is 7.92. The number of piperidine rings is 1. The number of rotatable bonds is 7. The molecule has 2 aromatic carbocycles. The van der Waals surface area contributed by atoms with Gasteiger partial charge in [-0.15, -0.1) is 0 Å². The Morgan fingerprint density at radius 2 is 1.76 bits per heavy atom. The van der Waals surface area contributed by atoms with Crippen LogP contribution in [0.4, 0.5) is 5.69 Å². The van der Waals surface area contributed by atoms with Gasteiger partial charge in [-0.3, -0.25) is 4.79 Å². The number of nitrogens with zero attached hydrogens (tertiary/aromatic N) is 2. The van der Waals surface area contributed by atoms with Crippen molar-refractivity contribution in [2.75, 3.05) is 24.5 Å². The number of amides is 1. The van der Waals surface area contributed by atoms with Crippen molar-refractivity contribution in [3.05, 3.63) is 89.0 Å². The molecule has 1 fully saturated rings. The van der Waals surface area contributed by atoms with E-state index in [1.165, 1.54) is 47.9 Å². The Morgan fingerprint density at radius 1 is 0.971 bits per heavy atom. The van der Waals surface area contributed by atoms with E-state index in [4.69, 9.17) is 0 Å². The van der Waals surface area contributed by atoms with Crippen molar-refractivity contribution in [2.24, 2.45) is 0 Å². The Hall–Kier alpha value is -2.65. The average Bonchev–Trinajstić information content (AvgIpc) is 2.88. The van der Waals surface area contributed by atoms with E-state index in [0.717, 1.165) is 44.6 Å². The molecule has 178 valence electrons. The highest BCUT2D eigenvalue weighted by Gasteiger charge is 2.32. The fourth-order valence-electron chi connectivity index (χ4n) is 5.99. The molecule has 1 saturated heterocycles. The van der Waals surface area contributed by atoms with Crippen LogP contribution in [0.15, 0.2) is 72.3 Å². The smallest absolute Gasteiger partial charge is 0.227 e. The van der Waals surface area contributed by atoms with Gasteiger partial charge in [0, 0.05) is 37.2 Å². The number of hydrogen-bond donors (Lipinski definition) is 0. The number of likely N-dealkylation sites (tertiary alicyclic amines) is 1. The topological polar surface area (TPSA) is 23.6 Å². The van der Waals surface area contributed by atoms with Gasteiger partial charge in [-0.05, 0) is 81.2 Å². The Kier molecular flexibility index (Phi) is 7.30. The zero-order valence-electron chi connectivity index (χ0n) is 20.6. The van der Waals surface area contributed by atoms with Crippen LogP contribution in [0.2, 0.25) is 0 Å². The summed E-state index contributed by atoms with van der Waals surface area (Å²) in [6.07, 6.45) is 15.6. The van der Waals surface area contributed by atoms with E-state index in [9.17, 15) is 4.79 Å². The van der Waals surface area contributed by atoms with Crippen LogP contribution in [0.1, 0.15) is 67.6 Å². The second-order valence-corrected chi connectivity index (χ2v) is 10.3. The summed E-state index contributed by atoms with van der Waals surface area (Å²) < 4.78 is 0. The average molecular weight is 455 g/mol. The number of carbonyl (C=O) groups excluding carboxylic acids is 1. The molecule has 2 aliphatic heterocycles. The van der Waals surface area contributed by atoms with Gasteiger partial charge >= 0.3 is 0 Å². The normalized spacial score (nSPS) is 20.2. The molecule has 1 aliphatic carbocycles. The molecule has 1 atom stereocenters. The number of fused-ring (bicyclic) bond motifs is 1. The van der Waals surface area contributed by atoms with Gasteiger partial charge in [-0.1, -0.05) is 66.3 Å². The third kappa shape index (κ3) is 5.20. The van der Waals surface area contributed by atoms with Crippen LogP contribution in [-0.4, -0.2) is 36.5 Å². The molecule has 0 spiro atoms. The minimum Gasteiger partial charge on any atom is -0.309 e. The summed E-state index contributed by atoms with van der Waals surface area (Å²) in [5, 5.41) is 0. The van der Waals surface area contributed by atoms with E-state index in [1.807, 2.05) is 0 Å². The molecule has 2 aromatic rings. The summed E-state index contributed by atoms with van der Waals surface area (Å²) in [5.41, 5.74) is 6.76. The van der Waals surface area contributed by atoms with Crippen LogP contribution in [0.3, 0.4) is 0 Å². The van der Waals surface area contributed by atoms with Crippen molar-refractivity contribution in [3.8, 4) is 0 Å². The molecular weight excluding hydrogens is 416 g/mol. The highest BCUT2D eigenvalue weighted by molar-refractivity contribution is 5.97. The lowest BCUT2D eigenvalue weighted by molar-refractivity contribution is -0.119. The predicted octanol–water partition coefficient (Wildman–Crippen LogP) is 6.58. The van der Waals surface area contributed by atoms with Gasteiger partial charge in [-0.2, -0.15) is 0 Å². The second kappa shape index (κ2) is 10.7. The first-order valence-electron chi connectivity index (χ1n) is 13.2. The van der Waals surface area contributed by atoms with Gasteiger partial charge in [-0.25, -0.2) is 0 Å². The summed E-state index contributed by atoms with van der Waals surface area (Å²) >= 11 is 0. The maximum atomic E-state index is 12.8. The lowest BCUT2D eigenvalue weighted by Gasteiger charge is -2.41. The number of carbonyl (C=O) groups is 1. The van der Waals surface area contributed by atoms with Crippen LogP contribution in [-0.2, 0) is 11.2 Å². The molecule has 0 N–H and O–H groups in total. The van der Waals surface area contributed by atoms with E-state index in [0.29, 0.717) is 24.3 Å². The fraction of sp³-hybridized carbons (Fsp3) is 0.452. The lowest BCUT2D eigenvalue weighted by atomic mass is 9.84. The van der Waals surface area contributed by atoms with Gasteiger partial charge in [0.2, 0.25) is 5.91 Å². The van der Waals surface area contributed by atoms with Gasteiger partial charge in [0.25, 0.3) is 0 Å². The highest BCUT2D eigenvalue weighted by Crippen LogP contribution is 2.34. The van der Waals surface area contributed by atoms with E-state index < -0.39 is 0 Å². The Morgan fingerprint density at radius 3 is 2.53 bits per heavy atom. The van der Waals surface area contributed by atoms with Crippen LogP contribution in [0.5, 0.6) is 0 Å². The summed E-state index contributed by atoms with van der Waals surface area (Å²) in [6.45, 7) is 5.50. The van der Waals surface area contributed by atoms with Gasteiger partial charge in [0.15, 0.2) is 0 Å². The summed E-state index contributed by atoms with van der Waals surface area (Å²) in [6, 6.07) is 18.0. The van der Waals surface area contributed by atoms with Crippen LogP contribution in [0, 0.1) is 6.92 Å². The molecule has 1 unspecified atom stereocenters. The van der Waals surface area contributed by atoms with Crippen molar-refractivity contribution in [1.29, 1.82) is 0 Å². The molecule has 5 rings (SSSR count). The number of benzene rings is 2. The Bertz CT molecular complexity index is 1040. The number of aryl methyl sites for hydroxylation is 2. The molecule has 3 heteroatoms. The minimum absolute atomic E-state index is 0.312. The van der Waals surface area contributed by atoms with Crippen molar-refractivity contribution < 1.29 is 4.79 Å². The van der Waals surface area contributed by atoms with Gasteiger partial charge in [0.05, 0.1) is 0 Å². The largest absolute Gasteiger partial charge is 0.309 e. The summed E-state index contributed by atoms with van der Waals surface area (Å²) in [4.78, 5) is 17.5. The van der Waals surface area contributed by atoms with Crippen molar-refractivity contribution in [3.63, 3.8) is 0 Å². The zero-order valence-corrected chi connectivity index (χ0v) is 20.6. The van der Waals surface area contributed by atoms with Crippen molar-refractivity contribution in [2.45, 2.75) is 70.3 Å². The molecule has 0 bridgehead atoms. The number of para-hydroxylation sites is 1. The van der Waals surface area contributed by atoms with E-state index >= 15 is 0 Å². The zero-order chi connectivity index (χ0) is 23.3. The van der Waals surface area contributed by atoms with Crippen molar-refractivity contribution >= 4 is 11.6 Å². The fourth-order valence-corrected chi connectivity index (χ4v) is 5.99. The Labute approximate surface area is 205 Å². The molecular formula is C31H38N2O. The number of anilines is 1. The predicted molar refractivity (Wildman–Crippen MR) is 141 cm³/mol. The van der Waals surface area contributed by atoms with Gasteiger partial charge in [0.1, 0.15) is 0 Å². The molecule has 1 amide bonds. The number of allylic oxidation sites excluding steroid dienone is 4. The lowest BCUT2D eigenvalue weighted by Crippen LogP contribution is -2.49. The van der Waals surface area contributed by atoms with E-state index in [2.05, 4.69) is 83.5 Å². The summed E-state index contributed by atoms with van der Waals surface area (Å²) in [5.74, 6) is 0.809. The quantitative estimate of drug-likeness (QED) is 0.472. The number of hydrogen-bond acceptors (Lipinski definition) is 2. The molecule has 0 aromatic heterocycles. The Balaban J connectivity index is 1.17. The third-order valence-corrected chi connectivity index (χ3v) is 7.92. The van der Waals surface area contributed by atoms with E-state index in [1.54, 1.807) is 0 Å². The van der Waals surface area contributed by atoms with Crippen LogP contribution in [0.25, 0.3) is 0 Å². The first kappa shape index (κ1) is 23.1. The van der Waals surface area contributed by atoms with Crippen molar-refractivity contribution in [1.82, 2.24) is 4.90 Å².